The lowest BCUT2D eigenvalue weighted by Gasteiger charge is -2.69. The zero-order valence-corrected chi connectivity index (χ0v) is 28.4. The number of carbonyl (C=O) groups excluding carboxylic acids is 4. The molecular formula is C34H48O6S2. The van der Waals surface area contributed by atoms with Gasteiger partial charge in [0.1, 0.15) is 0 Å². The lowest BCUT2D eigenvalue weighted by molar-refractivity contribution is -0.192. The molecule has 0 aromatic carbocycles. The smallest absolute Gasteiger partial charge is 0.312 e. The van der Waals surface area contributed by atoms with Gasteiger partial charge in [0, 0.05) is 5.92 Å². The number of ketones is 3. The van der Waals surface area contributed by atoms with Crippen molar-refractivity contribution in [2.75, 3.05) is 26.2 Å². The Kier molecular flexibility index (Phi) is 7.68. The molecule has 0 saturated heterocycles. The van der Waals surface area contributed by atoms with E-state index >= 15 is 0 Å². The molecule has 232 valence electrons. The van der Waals surface area contributed by atoms with E-state index in [4.69, 9.17) is 4.74 Å². The summed E-state index contributed by atoms with van der Waals surface area (Å²) in [6, 6.07) is 0. The van der Waals surface area contributed by atoms with E-state index in [0.717, 1.165) is 24.8 Å². The number of aliphatic hydroxyl groups excluding tert-OH is 1. The first-order valence-corrected chi connectivity index (χ1v) is 17.8. The maximum Gasteiger partial charge on any atom is 0.312 e. The summed E-state index contributed by atoms with van der Waals surface area (Å²) in [5, 5.41) is 10.7. The van der Waals surface area contributed by atoms with Crippen LogP contribution in [0.2, 0.25) is 0 Å². The summed E-state index contributed by atoms with van der Waals surface area (Å²) in [4.78, 5) is 56.8. The van der Waals surface area contributed by atoms with Crippen LogP contribution in [-0.4, -0.2) is 54.7 Å². The second-order valence-corrected chi connectivity index (χ2v) is 17.3. The quantitative estimate of drug-likeness (QED) is 0.220. The number of fused-ring (bicyclic) bond motifs is 7. The Bertz CT molecular complexity index is 1310. The molecule has 0 heterocycles. The molecule has 8 atom stereocenters. The van der Waals surface area contributed by atoms with Gasteiger partial charge in [0.2, 0.25) is 0 Å². The van der Waals surface area contributed by atoms with Crippen LogP contribution in [0.15, 0.2) is 21.5 Å². The summed E-state index contributed by atoms with van der Waals surface area (Å²) in [5.74, 6) is -1.59. The minimum atomic E-state index is -1.13. The van der Waals surface area contributed by atoms with Crippen LogP contribution < -0.4 is 0 Å². The fourth-order valence-electron chi connectivity index (χ4n) is 10.6. The van der Waals surface area contributed by atoms with Crippen LogP contribution in [0.4, 0.5) is 0 Å². The van der Waals surface area contributed by atoms with Gasteiger partial charge in [-0.25, -0.2) is 0 Å². The van der Waals surface area contributed by atoms with Crippen molar-refractivity contribution in [3.05, 3.63) is 21.5 Å². The molecule has 0 amide bonds. The molecule has 0 bridgehead atoms. The Hall–Kier alpha value is -1.38. The van der Waals surface area contributed by atoms with Crippen LogP contribution in [0.25, 0.3) is 0 Å². The standard InChI is InChI=1S/C34H48O6S2/c1-29(2)12-14-34(28(39)40-7)15-13-32(5)24(19(34)17-29)20(36)16-22-31(32,4)11-10-21-30(3,18-35)25(37)23(27(41-8)42-9)26(38)33(21,22)6/h16,19,21,24,35H,10-15,17-18H2,1-9H3/t19-,21-,24-,30+,31+,32+,33-,34-/m0/s1. The fourth-order valence-corrected chi connectivity index (χ4v) is 12.1. The van der Waals surface area contributed by atoms with E-state index in [1.807, 2.05) is 19.4 Å². The van der Waals surface area contributed by atoms with E-state index in [2.05, 4.69) is 27.7 Å². The van der Waals surface area contributed by atoms with Crippen molar-refractivity contribution in [2.24, 2.45) is 50.2 Å². The van der Waals surface area contributed by atoms with Gasteiger partial charge in [-0.05, 0) is 111 Å². The first-order chi connectivity index (χ1) is 19.5. The van der Waals surface area contributed by atoms with E-state index < -0.39 is 33.0 Å². The Balaban J connectivity index is 1.74. The molecule has 42 heavy (non-hydrogen) atoms. The number of esters is 1. The number of allylic oxidation sites excluding steroid dienone is 3. The van der Waals surface area contributed by atoms with Crippen molar-refractivity contribution in [2.45, 2.75) is 86.5 Å². The largest absolute Gasteiger partial charge is 0.469 e. The highest BCUT2D eigenvalue weighted by atomic mass is 32.2. The minimum Gasteiger partial charge on any atom is -0.469 e. The van der Waals surface area contributed by atoms with Gasteiger partial charge in [0.05, 0.1) is 39.8 Å². The summed E-state index contributed by atoms with van der Waals surface area (Å²) >= 11 is 2.77. The second kappa shape index (κ2) is 10.1. The van der Waals surface area contributed by atoms with Crippen molar-refractivity contribution in [1.82, 2.24) is 0 Å². The molecule has 0 radical (unpaired) electrons. The Labute approximate surface area is 259 Å². The van der Waals surface area contributed by atoms with Gasteiger partial charge in [0.25, 0.3) is 0 Å². The van der Waals surface area contributed by atoms with Crippen molar-refractivity contribution in [3.8, 4) is 0 Å². The number of aliphatic hydroxyl groups is 1. The molecule has 0 spiro atoms. The Morgan fingerprint density at radius 3 is 2.14 bits per heavy atom. The third-order valence-corrected chi connectivity index (χ3v) is 15.4. The SMILES string of the molecule is COC(=O)[C@]12CCC(C)(C)C[C@H]1[C@H]1C(=O)C=C3[C@@]4(C)C(=O)C(=C(SC)SC)C(=O)[C@](C)(CO)[C@@H]4CC[C@@]3(C)[C@]1(C)CC2. The van der Waals surface area contributed by atoms with E-state index in [9.17, 15) is 24.3 Å². The first kappa shape index (κ1) is 32.0. The van der Waals surface area contributed by atoms with Crippen LogP contribution in [0, 0.1) is 50.2 Å². The summed E-state index contributed by atoms with van der Waals surface area (Å²) < 4.78 is 6.08. The number of hydrogen-bond donors (Lipinski definition) is 1. The van der Waals surface area contributed by atoms with Crippen LogP contribution in [0.3, 0.4) is 0 Å². The highest BCUT2D eigenvalue weighted by Gasteiger charge is 2.73. The molecular weight excluding hydrogens is 569 g/mol. The normalized spacial score (nSPS) is 44.3. The number of rotatable bonds is 4. The van der Waals surface area contributed by atoms with Crippen LogP contribution in [0.1, 0.15) is 86.5 Å². The lowest BCUT2D eigenvalue weighted by Crippen LogP contribution is -2.68. The van der Waals surface area contributed by atoms with Gasteiger partial charge < -0.3 is 9.84 Å². The average molecular weight is 617 g/mol. The Morgan fingerprint density at radius 1 is 0.952 bits per heavy atom. The fraction of sp³-hybridized carbons (Fsp3) is 0.765. The number of Topliss-reactive ketones (excluding diaryl/α,β-unsaturated/α-hetero) is 2. The molecule has 4 fully saturated rings. The summed E-state index contributed by atoms with van der Waals surface area (Å²) in [5.41, 5.74) is -2.85. The second-order valence-electron chi connectivity index (χ2n) is 15.4. The third-order valence-electron chi connectivity index (χ3n) is 13.3. The monoisotopic (exact) mass is 616 g/mol. The van der Waals surface area contributed by atoms with Crippen molar-refractivity contribution in [3.63, 3.8) is 0 Å². The average Bonchev–Trinajstić information content (AvgIpc) is 2.94. The number of ether oxygens (including phenoxy) is 1. The molecule has 0 unspecified atom stereocenters. The third kappa shape index (κ3) is 3.82. The molecule has 4 saturated carbocycles. The molecule has 5 aliphatic carbocycles. The molecule has 1 N–H and O–H groups in total. The molecule has 6 nitrogen and oxygen atoms in total. The van der Waals surface area contributed by atoms with E-state index in [1.165, 1.54) is 30.6 Å². The first-order valence-electron chi connectivity index (χ1n) is 15.4. The van der Waals surface area contributed by atoms with Gasteiger partial charge in [-0.15, -0.1) is 23.5 Å². The molecule has 0 aromatic heterocycles. The maximum absolute atomic E-state index is 14.7. The highest BCUT2D eigenvalue weighted by molar-refractivity contribution is 8.21. The summed E-state index contributed by atoms with van der Waals surface area (Å²) in [7, 11) is 1.46. The number of methoxy groups -OCH3 is 1. The van der Waals surface area contributed by atoms with E-state index in [1.54, 1.807) is 13.0 Å². The number of hydrogen-bond acceptors (Lipinski definition) is 8. The van der Waals surface area contributed by atoms with Crippen LogP contribution >= 0.6 is 23.5 Å². The van der Waals surface area contributed by atoms with Crippen molar-refractivity contribution in [1.29, 1.82) is 0 Å². The van der Waals surface area contributed by atoms with Gasteiger partial charge in [-0.3, -0.25) is 19.2 Å². The van der Waals surface area contributed by atoms with Gasteiger partial charge in [-0.1, -0.05) is 27.7 Å². The van der Waals surface area contributed by atoms with Crippen molar-refractivity contribution < 1.29 is 29.0 Å². The minimum absolute atomic E-state index is 0.00147. The van der Waals surface area contributed by atoms with E-state index in [0.29, 0.717) is 29.9 Å². The van der Waals surface area contributed by atoms with Crippen LogP contribution in [-0.2, 0) is 23.9 Å². The number of carbonyl (C=O) groups is 4. The molecule has 5 aliphatic rings. The van der Waals surface area contributed by atoms with Gasteiger partial charge in [-0.2, -0.15) is 0 Å². The molecule has 8 heteroatoms. The van der Waals surface area contributed by atoms with Gasteiger partial charge in [0.15, 0.2) is 17.3 Å². The summed E-state index contributed by atoms with van der Waals surface area (Å²) in [6.45, 7) is 12.3. The van der Waals surface area contributed by atoms with Crippen molar-refractivity contribution >= 4 is 46.8 Å². The van der Waals surface area contributed by atoms with Gasteiger partial charge >= 0.3 is 5.97 Å². The Morgan fingerprint density at radius 2 is 1.57 bits per heavy atom. The highest BCUT2D eigenvalue weighted by Crippen LogP contribution is 2.75. The van der Waals surface area contributed by atoms with Crippen LogP contribution in [0.5, 0.6) is 0 Å². The number of thioether (sulfide) groups is 2. The predicted molar refractivity (Wildman–Crippen MR) is 168 cm³/mol. The molecule has 0 aliphatic heterocycles. The zero-order valence-electron chi connectivity index (χ0n) is 26.8. The van der Waals surface area contributed by atoms with E-state index in [-0.39, 0.29) is 52.7 Å². The molecule has 0 aromatic rings. The topological polar surface area (TPSA) is 97.7 Å². The molecule has 5 rings (SSSR count). The predicted octanol–water partition coefficient (Wildman–Crippen LogP) is 6.41. The maximum atomic E-state index is 14.7. The lowest BCUT2D eigenvalue weighted by atomic mass is 9.33. The summed E-state index contributed by atoms with van der Waals surface area (Å²) in [6.07, 6.45) is 10.6. The zero-order chi connectivity index (χ0) is 31.3.